The van der Waals surface area contributed by atoms with Crippen molar-refractivity contribution in [2.75, 3.05) is 30.0 Å². The fraction of sp³-hybridized carbons (Fsp3) is 0.417. The molecular formula is C36H42N12O15P2S2. The molecule has 7 heterocycles. The van der Waals surface area contributed by atoms with Gasteiger partial charge in [-0.25, -0.2) is 43.7 Å². The van der Waals surface area contributed by atoms with E-state index in [1.54, 1.807) is 24.4 Å². The van der Waals surface area contributed by atoms with Gasteiger partial charge in [-0.05, 0) is 37.6 Å². The first-order chi connectivity index (χ1) is 31.9. The second kappa shape index (κ2) is 20.3. The number of hydrogen-bond acceptors (Lipinski definition) is 24. The normalized spacial score (nSPS) is 24.7. The van der Waals surface area contributed by atoms with Crippen LogP contribution in [0.15, 0.2) is 60.5 Å². The highest BCUT2D eigenvalue weighted by atomic mass is 32.2. The number of carbonyl (C=O) groups is 1. The van der Waals surface area contributed by atoms with Gasteiger partial charge in [-0.2, -0.15) is 4.31 Å². The average molecular weight is 1010 g/mol. The van der Waals surface area contributed by atoms with Crippen LogP contribution in [0.25, 0.3) is 11.2 Å². The fourth-order valence-corrected chi connectivity index (χ4v) is 10.6. The van der Waals surface area contributed by atoms with E-state index in [-0.39, 0.29) is 35.2 Å². The van der Waals surface area contributed by atoms with Gasteiger partial charge in [0.25, 0.3) is 0 Å². The molecule has 2 fully saturated rings. The smallest absolute Gasteiger partial charge is 0.481 e. The quantitative estimate of drug-likeness (QED) is 0.0318. The number of anilines is 2. The molecule has 27 nitrogen and oxygen atoms in total. The Hall–Kier alpha value is -4.94. The third kappa shape index (κ3) is 11.7. The molecule has 1 amide bonds. The minimum absolute atomic E-state index is 0.0441. The number of nitrogens with two attached hydrogens (primary N) is 1. The van der Waals surface area contributed by atoms with E-state index in [4.69, 9.17) is 29.0 Å². The highest BCUT2D eigenvalue weighted by molar-refractivity contribution is 7.99. The number of amides is 1. The van der Waals surface area contributed by atoms with E-state index < -0.39 is 77.9 Å². The predicted molar refractivity (Wildman–Crippen MR) is 231 cm³/mol. The molecule has 2 saturated heterocycles. The first kappa shape index (κ1) is 48.5. The number of aliphatic hydroxyl groups is 4. The zero-order valence-electron chi connectivity index (χ0n) is 35.0. The van der Waals surface area contributed by atoms with Crippen LogP contribution in [0.2, 0.25) is 0 Å². The van der Waals surface area contributed by atoms with Crippen LogP contribution in [0.4, 0.5) is 10.9 Å². The van der Waals surface area contributed by atoms with Gasteiger partial charge in [0.2, 0.25) is 5.91 Å². The van der Waals surface area contributed by atoms with Gasteiger partial charge < -0.3 is 55.5 Å². The number of imidazole rings is 1. The van der Waals surface area contributed by atoms with Crippen LogP contribution >= 0.6 is 38.7 Å². The lowest BCUT2D eigenvalue weighted by Gasteiger charge is -2.20. The van der Waals surface area contributed by atoms with Gasteiger partial charge in [0.15, 0.2) is 34.2 Å². The molecule has 0 bridgehead atoms. The summed E-state index contributed by atoms with van der Waals surface area (Å²) in [6, 6.07) is 9.07. The van der Waals surface area contributed by atoms with Crippen LogP contribution in [0.1, 0.15) is 40.0 Å². The first-order valence-electron chi connectivity index (χ1n) is 19.8. The fourth-order valence-electron chi connectivity index (χ4n) is 6.91. The number of aliphatic hydroxyl groups excluding tert-OH is 4. The van der Waals surface area contributed by atoms with Crippen molar-refractivity contribution in [3.63, 3.8) is 0 Å². The van der Waals surface area contributed by atoms with Crippen LogP contribution in [0.3, 0.4) is 0 Å². The number of aryl methyl sites for hydroxylation is 2. The van der Waals surface area contributed by atoms with Crippen LogP contribution in [-0.4, -0.2) is 141 Å². The highest BCUT2D eigenvalue weighted by Gasteiger charge is 2.48. The van der Waals surface area contributed by atoms with Crippen LogP contribution in [0, 0.1) is 13.8 Å². The van der Waals surface area contributed by atoms with E-state index >= 15 is 0 Å². The molecule has 0 aliphatic carbocycles. The summed E-state index contributed by atoms with van der Waals surface area (Å²) in [4.78, 5) is 58.9. The molecule has 67 heavy (non-hydrogen) atoms. The Balaban J connectivity index is 0.796. The lowest BCUT2D eigenvalue weighted by atomic mass is 10.1. The number of fused-ring (bicyclic) bond motifs is 1. The summed E-state index contributed by atoms with van der Waals surface area (Å²) in [5.74, 6) is 0.387. The molecule has 0 radical (unpaired) electrons. The van der Waals surface area contributed by atoms with Crippen molar-refractivity contribution >= 4 is 66.8 Å². The lowest BCUT2D eigenvalue weighted by molar-refractivity contribution is -0.113. The minimum Gasteiger partial charge on any atom is -0.487 e. The molecule has 0 spiro atoms. The van der Waals surface area contributed by atoms with E-state index in [0.717, 1.165) is 32.8 Å². The Labute approximate surface area is 386 Å². The first-order valence-corrected chi connectivity index (χ1v) is 24.6. The predicted octanol–water partition coefficient (Wildman–Crippen LogP) is 0.953. The largest absolute Gasteiger partial charge is 0.487 e. The maximum Gasteiger partial charge on any atom is 0.481 e. The molecule has 10 atom stereocenters. The van der Waals surface area contributed by atoms with Crippen molar-refractivity contribution < 1.29 is 71.7 Å². The Morgan fingerprint density at radius 1 is 0.910 bits per heavy atom. The molecule has 2 unspecified atom stereocenters. The molecule has 31 heteroatoms. The molecule has 2 aliphatic heterocycles. The zero-order valence-corrected chi connectivity index (χ0v) is 38.4. The van der Waals surface area contributed by atoms with Gasteiger partial charge in [0, 0.05) is 28.9 Å². The minimum atomic E-state index is -5.45. The van der Waals surface area contributed by atoms with Gasteiger partial charge in [0.05, 0.1) is 37.2 Å². The lowest BCUT2D eigenvalue weighted by Crippen LogP contribution is -2.34. The average Bonchev–Trinajstić information content (AvgIpc) is 4.11. The number of phosphoric acid groups is 2. The van der Waals surface area contributed by atoms with E-state index in [1.165, 1.54) is 40.2 Å². The molecule has 5 aromatic heterocycles. The van der Waals surface area contributed by atoms with Crippen molar-refractivity contribution in [1.29, 1.82) is 0 Å². The Morgan fingerprint density at radius 2 is 1.60 bits per heavy atom. The molecule has 2 aliphatic rings. The van der Waals surface area contributed by atoms with Gasteiger partial charge in [-0.1, -0.05) is 29.1 Å². The monoisotopic (exact) mass is 1010 g/mol. The number of benzene rings is 1. The van der Waals surface area contributed by atoms with Crippen LogP contribution in [0.5, 0.6) is 5.75 Å². The molecule has 6 aromatic rings. The zero-order chi connectivity index (χ0) is 47.6. The molecule has 9 N–H and O–H groups in total. The number of carbonyl (C=O) groups excluding carboxylic acids is 1. The highest BCUT2D eigenvalue weighted by Crippen LogP contribution is 2.61. The third-order valence-corrected chi connectivity index (χ3v) is 14.4. The van der Waals surface area contributed by atoms with E-state index in [1.807, 2.05) is 26.0 Å². The molecule has 358 valence electrons. The van der Waals surface area contributed by atoms with E-state index in [9.17, 15) is 44.1 Å². The van der Waals surface area contributed by atoms with Crippen molar-refractivity contribution in [1.82, 2.24) is 49.5 Å². The maximum atomic E-state index is 12.8. The van der Waals surface area contributed by atoms with Gasteiger partial charge in [0.1, 0.15) is 60.8 Å². The number of phosphoric ester groups is 2. The van der Waals surface area contributed by atoms with Gasteiger partial charge >= 0.3 is 15.6 Å². The van der Waals surface area contributed by atoms with Gasteiger partial charge in [-0.3, -0.25) is 18.4 Å². The molecule has 1 aromatic carbocycles. The number of nitrogen functional groups attached to an aromatic ring is 1. The van der Waals surface area contributed by atoms with Crippen molar-refractivity contribution in [3.8, 4) is 5.75 Å². The molecular weight excluding hydrogens is 967 g/mol. The second-order valence-corrected chi connectivity index (χ2v) is 20.1. The Morgan fingerprint density at radius 3 is 2.31 bits per heavy atom. The van der Waals surface area contributed by atoms with Crippen molar-refractivity contribution in [2.45, 2.75) is 81.1 Å². The summed E-state index contributed by atoms with van der Waals surface area (Å²) in [5, 5.41) is 54.4. The summed E-state index contributed by atoms with van der Waals surface area (Å²) in [6.45, 7) is 1.75. The topological polar surface area (TPSA) is 379 Å². The molecule has 0 saturated carbocycles. The summed E-state index contributed by atoms with van der Waals surface area (Å²) < 4.78 is 59.2. The standard InChI is InChI=1S/C36H42N12O15P2S2/c1-17-6-18(2)44-36(43-17)66-14-25(49)45-35-38-10-22(67-35)8-19-4-3-5-21(7-19)58-11-20-9-42-46-48(20)34-30(53)28(51)24(62-34)13-60-65(56,57)63-64(54,55)59-12-23-27(50)29(52)33(61-23)47-16-41-26-31(37)39-15-40-32(26)47/h3-7,9-10,15-16,23-24,27-30,33-34,50-53H,8,11-14H2,1-2H3,(H,54,55)(H,56,57)(H2,37,39,40)(H,38,45,49)/t23-,24-,27-,28-,29-,30-,33-,34+/m1/s1. The number of nitrogens with zero attached hydrogens (tertiary/aromatic N) is 10. The number of thiazole rings is 1. The Bertz CT molecular complexity index is 2800. The van der Waals surface area contributed by atoms with Crippen molar-refractivity contribution in [3.05, 3.63) is 82.9 Å². The maximum absolute atomic E-state index is 12.8. The number of thioether (sulfide) groups is 1. The number of nitrogens with one attached hydrogen (secondary N) is 1. The number of rotatable bonds is 19. The van der Waals surface area contributed by atoms with Gasteiger partial charge in [-0.15, -0.1) is 16.4 Å². The van der Waals surface area contributed by atoms with Crippen LogP contribution in [-0.2, 0) is 49.8 Å². The number of hydrogen-bond donors (Lipinski definition) is 8. The summed E-state index contributed by atoms with van der Waals surface area (Å²) in [6.07, 6.45) is -6.42. The number of aromatic nitrogens is 10. The summed E-state index contributed by atoms with van der Waals surface area (Å²) in [7, 11) is -10.9. The third-order valence-electron chi connectivity index (χ3n) is 9.99. The summed E-state index contributed by atoms with van der Waals surface area (Å²) in [5.41, 5.74) is 8.96. The SMILES string of the molecule is Cc1cc(C)nc(SCC(=O)Nc2ncc(Cc3cccc(OCc4cnnn4[C@H]4O[C@H](COP(=O)(O)OP(=O)(O)OC[C@H]5O[C@@H](n6cnc7c(N)ncnc76)[C@H](O)[C@@H]5O)[C@@H](O)[C@H]4O)c3)s2)n1. The van der Waals surface area contributed by atoms with E-state index in [2.05, 4.69) is 49.8 Å². The van der Waals surface area contributed by atoms with Crippen molar-refractivity contribution in [2.24, 2.45) is 0 Å². The molecule has 8 rings (SSSR count). The Kier molecular flexibility index (Phi) is 14.7. The summed E-state index contributed by atoms with van der Waals surface area (Å²) >= 11 is 2.56. The number of ether oxygens (including phenoxy) is 3. The van der Waals surface area contributed by atoms with E-state index in [0.29, 0.717) is 28.2 Å². The second-order valence-electron chi connectivity index (χ2n) is 15.0. The van der Waals surface area contributed by atoms with Crippen LogP contribution < -0.4 is 15.8 Å².